The molecular formula is C13H21N3O6. The van der Waals surface area contributed by atoms with Crippen molar-refractivity contribution in [2.24, 2.45) is 5.92 Å². The molecule has 9 heteroatoms. The Morgan fingerprint density at radius 1 is 1.32 bits per heavy atom. The van der Waals surface area contributed by atoms with Gasteiger partial charge in [-0.15, -0.1) is 0 Å². The molecule has 9 nitrogen and oxygen atoms in total. The Morgan fingerprint density at radius 3 is 2.45 bits per heavy atom. The summed E-state index contributed by atoms with van der Waals surface area (Å²) in [5.41, 5.74) is 0. The number of carboxylic acids is 1. The zero-order valence-corrected chi connectivity index (χ0v) is 12.8. The number of carbonyl (C=O) groups excluding carboxylic acids is 3. The Morgan fingerprint density at radius 2 is 1.95 bits per heavy atom. The lowest BCUT2D eigenvalue weighted by atomic mass is 10.0. The Labute approximate surface area is 128 Å². The molecule has 0 aliphatic carbocycles. The van der Waals surface area contributed by atoms with E-state index in [1.54, 1.807) is 13.8 Å². The molecule has 1 fully saturated rings. The summed E-state index contributed by atoms with van der Waals surface area (Å²) in [7, 11) is 1.21. The predicted octanol–water partition coefficient (Wildman–Crippen LogP) is -1.81. The highest BCUT2D eigenvalue weighted by Crippen LogP contribution is 2.17. The Hall–Kier alpha value is -2.16. The van der Waals surface area contributed by atoms with Gasteiger partial charge in [0.05, 0.1) is 13.7 Å². The lowest BCUT2D eigenvalue weighted by Crippen LogP contribution is -2.52. The molecule has 0 bridgehead atoms. The van der Waals surface area contributed by atoms with Crippen LogP contribution < -0.4 is 10.6 Å². The molecule has 22 heavy (non-hydrogen) atoms. The second-order valence-electron chi connectivity index (χ2n) is 5.36. The van der Waals surface area contributed by atoms with Crippen molar-refractivity contribution < 1.29 is 29.0 Å². The van der Waals surface area contributed by atoms with Crippen LogP contribution in [0.2, 0.25) is 0 Å². The van der Waals surface area contributed by atoms with Crippen molar-refractivity contribution in [2.75, 3.05) is 26.7 Å². The molecule has 2 amide bonds. The third-order valence-corrected chi connectivity index (χ3v) is 3.24. The molecule has 3 atom stereocenters. The van der Waals surface area contributed by atoms with E-state index in [-0.39, 0.29) is 19.0 Å². The van der Waals surface area contributed by atoms with Crippen LogP contribution in [0.5, 0.6) is 0 Å². The minimum atomic E-state index is -1.01. The van der Waals surface area contributed by atoms with Gasteiger partial charge in [0.25, 0.3) is 0 Å². The van der Waals surface area contributed by atoms with Gasteiger partial charge in [-0.2, -0.15) is 0 Å². The first kappa shape index (κ1) is 17.9. The van der Waals surface area contributed by atoms with Gasteiger partial charge in [-0.1, -0.05) is 13.8 Å². The minimum Gasteiger partial charge on any atom is -0.480 e. The van der Waals surface area contributed by atoms with E-state index in [1.807, 2.05) is 0 Å². The van der Waals surface area contributed by atoms with E-state index in [2.05, 4.69) is 15.4 Å². The number of esters is 1. The van der Waals surface area contributed by atoms with Gasteiger partial charge in [-0.25, -0.2) is 0 Å². The van der Waals surface area contributed by atoms with Crippen molar-refractivity contribution in [1.29, 1.82) is 0 Å². The van der Waals surface area contributed by atoms with Gasteiger partial charge in [-0.3, -0.25) is 24.1 Å². The number of methoxy groups -OCH3 is 1. The van der Waals surface area contributed by atoms with Crippen molar-refractivity contribution in [3.05, 3.63) is 0 Å². The molecule has 0 aromatic heterocycles. The molecule has 124 valence electrons. The molecule has 1 aliphatic rings. The number of rotatable bonds is 8. The Kier molecular flexibility index (Phi) is 6.29. The van der Waals surface area contributed by atoms with E-state index in [0.717, 1.165) is 0 Å². The molecule has 0 saturated carbocycles. The van der Waals surface area contributed by atoms with Crippen molar-refractivity contribution in [3.63, 3.8) is 0 Å². The molecule has 0 radical (unpaired) electrons. The van der Waals surface area contributed by atoms with Gasteiger partial charge in [0.2, 0.25) is 11.8 Å². The number of aliphatic carboxylic acids is 1. The van der Waals surface area contributed by atoms with E-state index >= 15 is 0 Å². The number of ether oxygens (including phenoxy) is 1. The zero-order valence-electron chi connectivity index (χ0n) is 12.8. The average Bonchev–Trinajstić information content (AvgIpc) is 3.19. The third kappa shape index (κ3) is 5.32. The van der Waals surface area contributed by atoms with Crippen molar-refractivity contribution in [3.8, 4) is 0 Å². The minimum absolute atomic E-state index is 0.187. The summed E-state index contributed by atoms with van der Waals surface area (Å²) in [5.74, 6) is -2.66. The highest BCUT2D eigenvalue weighted by molar-refractivity contribution is 5.92. The van der Waals surface area contributed by atoms with Crippen LogP contribution in [0.4, 0.5) is 0 Å². The first-order valence-electron chi connectivity index (χ1n) is 6.87. The number of nitrogens with zero attached hydrogens (tertiary/aromatic N) is 1. The maximum atomic E-state index is 12.0. The van der Waals surface area contributed by atoms with Crippen LogP contribution in [0.3, 0.4) is 0 Å². The van der Waals surface area contributed by atoms with Crippen molar-refractivity contribution in [1.82, 2.24) is 15.5 Å². The number of hydrogen-bond acceptors (Lipinski definition) is 6. The first-order valence-corrected chi connectivity index (χ1v) is 6.87. The number of carbonyl (C=O) groups is 4. The molecule has 1 aliphatic heterocycles. The fourth-order valence-electron chi connectivity index (χ4n) is 1.90. The van der Waals surface area contributed by atoms with Gasteiger partial charge >= 0.3 is 11.9 Å². The summed E-state index contributed by atoms with van der Waals surface area (Å²) in [5, 5.41) is 13.6. The quantitative estimate of drug-likeness (QED) is 0.356. The highest BCUT2D eigenvalue weighted by Gasteiger charge is 2.42. The van der Waals surface area contributed by atoms with Crippen molar-refractivity contribution in [2.45, 2.75) is 25.9 Å². The average molecular weight is 315 g/mol. The molecule has 3 N–H and O–H groups in total. The van der Waals surface area contributed by atoms with Gasteiger partial charge in [0, 0.05) is 6.54 Å². The smallest absolute Gasteiger partial charge is 0.325 e. The Bertz CT molecular complexity index is 465. The number of carboxylic acid groups (broad SMARTS) is 1. The maximum Gasteiger partial charge on any atom is 0.325 e. The molecule has 1 heterocycles. The molecule has 0 spiro atoms. The van der Waals surface area contributed by atoms with Crippen LogP contribution in [0.25, 0.3) is 0 Å². The second kappa shape index (κ2) is 7.74. The van der Waals surface area contributed by atoms with Crippen LogP contribution in [0.1, 0.15) is 13.8 Å². The van der Waals surface area contributed by atoms with E-state index in [1.165, 1.54) is 12.0 Å². The summed E-state index contributed by atoms with van der Waals surface area (Å²) in [4.78, 5) is 47.0. The lowest BCUT2D eigenvalue weighted by Gasteiger charge is -2.21. The fraction of sp³-hybridized carbons (Fsp3) is 0.692. The van der Waals surface area contributed by atoms with E-state index in [4.69, 9.17) is 5.11 Å². The maximum absolute atomic E-state index is 12.0. The van der Waals surface area contributed by atoms with Crippen LogP contribution in [0, 0.1) is 5.92 Å². The number of hydrogen-bond donors (Lipinski definition) is 3. The monoisotopic (exact) mass is 315 g/mol. The van der Waals surface area contributed by atoms with Gasteiger partial charge in [-0.05, 0) is 5.92 Å². The predicted molar refractivity (Wildman–Crippen MR) is 74.8 cm³/mol. The van der Waals surface area contributed by atoms with E-state index in [9.17, 15) is 19.2 Å². The van der Waals surface area contributed by atoms with Crippen LogP contribution in [-0.2, 0) is 23.9 Å². The summed E-state index contributed by atoms with van der Waals surface area (Å²) in [6, 6.07) is -1.32. The molecule has 2 unspecified atom stereocenters. The fourth-order valence-corrected chi connectivity index (χ4v) is 1.90. The first-order chi connectivity index (χ1) is 10.3. The van der Waals surface area contributed by atoms with E-state index in [0.29, 0.717) is 6.54 Å². The summed E-state index contributed by atoms with van der Waals surface area (Å²) in [6.45, 7) is 3.38. The number of amides is 2. The summed E-state index contributed by atoms with van der Waals surface area (Å²) < 4.78 is 4.42. The largest absolute Gasteiger partial charge is 0.480 e. The number of nitrogens with one attached hydrogen (secondary N) is 2. The highest BCUT2D eigenvalue weighted by atomic mass is 16.5. The SMILES string of the molecule is COC(=O)CNC(=O)[C@@H](NC(=O)C1CN1CC(=O)O)C(C)C. The van der Waals surface area contributed by atoms with Crippen LogP contribution >= 0.6 is 0 Å². The van der Waals surface area contributed by atoms with E-state index < -0.39 is 35.8 Å². The summed E-state index contributed by atoms with van der Waals surface area (Å²) in [6.07, 6.45) is 0. The zero-order chi connectivity index (χ0) is 16.9. The lowest BCUT2D eigenvalue weighted by molar-refractivity contribution is -0.141. The summed E-state index contributed by atoms with van der Waals surface area (Å²) >= 11 is 0. The molecule has 1 saturated heterocycles. The second-order valence-corrected chi connectivity index (χ2v) is 5.36. The van der Waals surface area contributed by atoms with Crippen molar-refractivity contribution >= 4 is 23.8 Å². The normalized spacial score (nSPS) is 20.9. The Balaban J connectivity index is 2.50. The molecule has 1 rings (SSSR count). The van der Waals surface area contributed by atoms with Gasteiger partial charge in [0.15, 0.2) is 0 Å². The molecule has 0 aromatic rings. The topological polar surface area (TPSA) is 125 Å². The van der Waals surface area contributed by atoms with Gasteiger partial charge in [0.1, 0.15) is 18.6 Å². The van der Waals surface area contributed by atoms with Crippen LogP contribution in [0.15, 0.2) is 0 Å². The van der Waals surface area contributed by atoms with Crippen LogP contribution in [-0.4, -0.2) is 72.6 Å². The van der Waals surface area contributed by atoms with Gasteiger partial charge < -0.3 is 20.5 Å². The molecule has 0 aromatic carbocycles. The standard InChI is InChI=1S/C13H21N3O6/c1-7(2)11(13(21)14-4-10(19)22-3)15-12(20)8-5-16(8)6-9(17)18/h7-8,11H,4-6H2,1-3H3,(H,14,21)(H,15,20)(H,17,18)/t8?,11-,16?/m0/s1. The third-order valence-electron chi connectivity index (χ3n) is 3.24. The molecular weight excluding hydrogens is 294 g/mol.